The number of piperidine rings is 1. The van der Waals surface area contributed by atoms with Crippen LogP contribution in [0.4, 0.5) is 0 Å². The van der Waals surface area contributed by atoms with E-state index in [9.17, 15) is 9.90 Å². The van der Waals surface area contributed by atoms with E-state index in [1.165, 1.54) is 10.4 Å². The van der Waals surface area contributed by atoms with Crippen LogP contribution in [-0.4, -0.2) is 40.3 Å². The molecule has 1 amide bonds. The normalized spacial score (nSPS) is 22.0. The predicted octanol–water partition coefficient (Wildman–Crippen LogP) is 2.27. The lowest BCUT2D eigenvalue weighted by atomic mass is 9.90. The van der Waals surface area contributed by atoms with Crippen molar-refractivity contribution in [1.82, 2.24) is 10.1 Å². The lowest BCUT2D eigenvalue weighted by Crippen LogP contribution is -2.46. The zero-order valence-electron chi connectivity index (χ0n) is 12.8. The fourth-order valence-corrected chi connectivity index (χ4v) is 4.11. The first kappa shape index (κ1) is 15.2. The highest BCUT2D eigenvalue weighted by atomic mass is 32.1. The van der Waals surface area contributed by atoms with Gasteiger partial charge in [-0.05, 0) is 37.3 Å². The molecule has 3 rings (SSSR count). The Morgan fingerprint density at radius 2 is 2.36 bits per heavy atom. The molecule has 0 bridgehead atoms. The van der Waals surface area contributed by atoms with Gasteiger partial charge in [-0.2, -0.15) is 0 Å². The highest BCUT2D eigenvalue weighted by Crippen LogP contribution is 2.34. The van der Waals surface area contributed by atoms with Gasteiger partial charge in [0, 0.05) is 30.0 Å². The van der Waals surface area contributed by atoms with Crippen LogP contribution in [0.3, 0.4) is 0 Å². The Kier molecular flexibility index (Phi) is 4.31. The number of carbonyl (C=O) groups is 1. The summed E-state index contributed by atoms with van der Waals surface area (Å²) < 4.78 is 5.09. The topological polar surface area (TPSA) is 66.6 Å². The first-order valence-electron chi connectivity index (χ1n) is 7.46. The van der Waals surface area contributed by atoms with Crippen LogP contribution in [0.2, 0.25) is 0 Å². The Bertz CT molecular complexity index is 664. The summed E-state index contributed by atoms with van der Waals surface area (Å²) in [7, 11) is 0. The zero-order chi connectivity index (χ0) is 15.7. The van der Waals surface area contributed by atoms with Crippen molar-refractivity contribution in [1.29, 1.82) is 0 Å². The maximum absolute atomic E-state index is 12.3. The first-order valence-corrected chi connectivity index (χ1v) is 8.34. The molecule has 0 unspecified atom stereocenters. The third kappa shape index (κ3) is 3.08. The fourth-order valence-electron chi connectivity index (χ4n) is 2.99. The molecule has 6 heteroatoms. The second-order valence-corrected chi connectivity index (χ2v) is 6.83. The molecule has 5 nitrogen and oxygen atoms in total. The van der Waals surface area contributed by atoms with Crippen LogP contribution in [0, 0.1) is 13.8 Å². The number of hydrogen-bond donors (Lipinski definition) is 1. The second kappa shape index (κ2) is 6.22. The van der Waals surface area contributed by atoms with Crippen molar-refractivity contribution in [3.05, 3.63) is 39.4 Å². The van der Waals surface area contributed by atoms with Gasteiger partial charge in [-0.3, -0.25) is 4.79 Å². The Hall–Kier alpha value is -1.66. The maximum Gasteiger partial charge on any atom is 0.230 e. The largest absolute Gasteiger partial charge is 0.391 e. The van der Waals surface area contributed by atoms with E-state index in [1.54, 1.807) is 22.3 Å². The van der Waals surface area contributed by atoms with Crippen molar-refractivity contribution in [2.24, 2.45) is 0 Å². The molecule has 1 saturated heterocycles. The molecule has 0 radical (unpaired) electrons. The van der Waals surface area contributed by atoms with Crippen LogP contribution in [0.5, 0.6) is 0 Å². The number of β-amino-alcohol motifs (C(OH)–C–C–N with tert-alkyl or cyclic N) is 1. The first-order chi connectivity index (χ1) is 10.5. The van der Waals surface area contributed by atoms with Crippen molar-refractivity contribution in [3.63, 3.8) is 0 Å². The van der Waals surface area contributed by atoms with Crippen molar-refractivity contribution in [2.75, 3.05) is 13.1 Å². The van der Waals surface area contributed by atoms with E-state index in [1.807, 2.05) is 6.92 Å². The van der Waals surface area contributed by atoms with E-state index in [-0.39, 0.29) is 18.2 Å². The maximum atomic E-state index is 12.3. The highest BCUT2D eigenvalue weighted by molar-refractivity contribution is 7.10. The van der Waals surface area contributed by atoms with Gasteiger partial charge >= 0.3 is 0 Å². The van der Waals surface area contributed by atoms with Crippen LogP contribution in [0.1, 0.15) is 34.2 Å². The summed E-state index contributed by atoms with van der Waals surface area (Å²) in [6.07, 6.45) is 0.492. The van der Waals surface area contributed by atoms with Gasteiger partial charge in [-0.1, -0.05) is 5.16 Å². The summed E-state index contributed by atoms with van der Waals surface area (Å²) in [6.45, 7) is 4.96. The van der Waals surface area contributed by atoms with Crippen LogP contribution in [0.25, 0.3) is 0 Å². The Morgan fingerprint density at radius 1 is 1.55 bits per heavy atom. The summed E-state index contributed by atoms with van der Waals surface area (Å²) in [5, 5.41) is 16.3. The molecular formula is C16H20N2O3S. The molecule has 3 heterocycles. The summed E-state index contributed by atoms with van der Waals surface area (Å²) in [4.78, 5) is 15.3. The summed E-state index contributed by atoms with van der Waals surface area (Å²) >= 11 is 1.69. The van der Waals surface area contributed by atoms with Crippen LogP contribution in [-0.2, 0) is 11.2 Å². The molecule has 2 atom stereocenters. The third-order valence-corrected chi connectivity index (χ3v) is 5.33. The number of aliphatic hydroxyl groups is 1. The number of thiophene rings is 1. The number of likely N-dealkylation sites (tertiary alicyclic amines) is 1. The van der Waals surface area contributed by atoms with Crippen LogP contribution < -0.4 is 0 Å². The number of nitrogens with zero attached hydrogens (tertiary/aromatic N) is 2. The summed E-state index contributed by atoms with van der Waals surface area (Å²) in [5.74, 6) is 0.696. The Morgan fingerprint density at radius 3 is 2.95 bits per heavy atom. The van der Waals surface area contributed by atoms with E-state index in [0.29, 0.717) is 18.8 Å². The molecular weight excluding hydrogens is 300 g/mol. The van der Waals surface area contributed by atoms with Gasteiger partial charge in [-0.25, -0.2) is 0 Å². The van der Waals surface area contributed by atoms with Gasteiger partial charge in [0.25, 0.3) is 0 Å². The molecule has 1 aliphatic rings. The summed E-state index contributed by atoms with van der Waals surface area (Å²) in [6, 6.07) is 3.85. The predicted molar refractivity (Wildman–Crippen MR) is 83.9 cm³/mol. The van der Waals surface area contributed by atoms with Crippen molar-refractivity contribution >= 4 is 17.2 Å². The minimum absolute atomic E-state index is 0.0171. The molecule has 0 saturated carbocycles. The molecule has 1 N–H and O–H groups in total. The van der Waals surface area contributed by atoms with Crippen molar-refractivity contribution in [2.45, 2.75) is 38.7 Å². The number of aryl methyl sites for hydroxylation is 2. The average molecular weight is 320 g/mol. The van der Waals surface area contributed by atoms with Crippen molar-refractivity contribution < 1.29 is 14.4 Å². The van der Waals surface area contributed by atoms with Crippen LogP contribution >= 0.6 is 11.3 Å². The molecule has 0 aromatic carbocycles. The van der Waals surface area contributed by atoms with Gasteiger partial charge in [0.05, 0.1) is 18.2 Å². The minimum Gasteiger partial charge on any atom is -0.391 e. The quantitative estimate of drug-likeness (QED) is 0.942. The van der Waals surface area contributed by atoms with Gasteiger partial charge in [-0.15, -0.1) is 11.3 Å². The number of aromatic nitrogens is 1. The minimum atomic E-state index is -0.508. The molecule has 2 aromatic rings. The molecule has 0 spiro atoms. The third-order valence-electron chi connectivity index (χ3n) is 4.18. The molecule has 22 heavy (non-hydrogen) atoms. The van der Waals surface area contributed by atoms with Gasteiger partial charge in [0.2, 0.25) is 5.91 Å². The SMILES string of the molecule is Cc1cc(CC(=O)N2CC[C@@H](c3sccc3C)[C@H](O)C2)on1. The lowest BCUT2D eigenvalue weighted by molar-refractivity contribution is -0.134. The van der Waals surface area contributed by atoms with E-state index < -0.39 is 6.10 Å². The van der Waals surface area contributed by atoms with E-state index in [4.69, 9.17) is 4.52 Å². The zero-order valence-corrected chi connectivity index (χ0v) is 13.6. The average Bonchev–Trinajstić information content (AvgIpc) is 3.07. The Labute approximate surface area is 133 Å². The number of rotatable bonds is 3. The smallest absolute Gasteiger partial charge is 0.230 e. The van der Waals surface area contributed by atoms with E-state index in [2.05, 4.69) is 23.5 Å². The number of carbonyl (C=O) groups excluding carboxylic acids is 1. The monoisotopic (exact) mass is 320 g/mol. The Balaban J connectivity index is 1.62. The molecule has 118 valence electrons. The van der Waals surface area contributed by atoms with Crippen molar-refractivity contribution in [3.8, 4) is 0 Å². The lowest BCUT2D eigenvalue weighted by Gasteiger charge is -2.35. The molecule has 1 fully saturated rings. The number of aliphatic hydroxyl groups excluding tert-OH is 1. The standard InChI is InChI=1S/C16H20N2O3S/c1-10-4-6-22-16(10)13-3-5-18(9-14(13)19)15(20)8-12-7-11(2)17-21-12/h4,6-7,13-14,19H,3,5,8-9H2,1-2H3/t13-,14-/m1/s1. The van der Waals surface area contributed by atoms with E-state index >= 15 is 0 Å². The van der Waals surface area contributed by atoms with Crippen LogP contribution in [0.15, 0.2) is 22.0 Å². The van der Waals surface area contributed by atoms with Gasteiger partial charge in [0.15, 0.2) is 0 Å². The molecule has 2 aromatic heterocycles. The van der Waals surface area contributed by atoms with Gasteiger partial charge < -0.3 is 14.5 Å². The van der Waals surface area contributed by atoms with Gasteiger partial charge in [0.1, 0.15) is 5.76 Å². The number of hydrogen-bond acceptors (Lipinski definition) is 5. The molecule has 0 aliphatic carbocycles. The number of amides is 1. The van der Waals surface area contributed by atoms with E-state index in [0.717, 1.165) is 12.1 Å². The molecule has 1 aliphatic heterocycles. The summed E-state index contributed by atoms with van der Waals surface area (Å²) in [5.41, 5.74) is 2.00. The second-order valence-electron chi connectivity index (χ2n) is 5.88. The fraction of sp³-hybridized carbons (Fsp3) is 0.500. The highest BCUT2D eigenvalue weighted by Gasteiger charge is 2.32.